The highest BCUT2D eigenvalue weighted by molar-refractivity contribution is 5.85. The molecule has 22 heavy (non-hydrogen) atoms. The molecule has 0 saturated carbocycles. The van der Waals surface area contributed by atoms with Crippen LogP contribution in [0.3, 0.4) is 0 Å². The highest BCUT2D eigenvalue weighted by Crippen LogP contribution is 2.37. The molecule has 0 amide bonds. The first-order valence-corrected chi connectivity index (χ1v) is 7.12. The van der Waals surface area contributed by atoms with Crippen LogP contribution in [0.25, 0.3) is 0 Å². The monoisotopic (exact) mass is 339 g/mol. The largest absolute Gasteiger partial charge is 0.573 e. The fourth-order valence-electron chi connectivity index (χ4n) is 2.54. The number of halogens is 4. The van der Waals surface area contributed by atoms with Crippen molar-refractivity contribution in [2.45, 2.75) is 45.1 Å². The van der Waals surface area contributed by atoms with Gasteiger partial charge in [0.2, 0.25) is 0 Å². The number of piperidine rings is 1. The van der Waals surface area contributed by atoms with Crippen LogP contribution in [0.5, 0.6) is 11.5 Å². The zero-order chi connectivity index (χ0) is 15.5. The predicted octanol–water partition coefficient (Wildman–Crippen LogP) is 4.26. The molecule has 0 aliphatic carbocycles. The quantitative estimate of drug-likeness (QED) is 0.889. The molecule has 0 aromatic heterocycles. The Morgan fingerprint density at radius 3 is 2.36 bits per heavy atom. The average Bonchev–Trinajstić information content (AvgIpc) is 2.37. The van der Waals surface area contributed by atoms with Crippen molar-refractivity contribution in [2.75, 3.05) is 13.1 Å². The molecule has 0 radical (unpaired) electrons. The first kappa shape index (κ1) is 18.9. The summed E-state index contributed by atoms with van der Waals surface area (Å²) in [5, 5.41) is 3.27. The van der Waals surface area contributed by atoms with E-state index >= 15 is 0 Å². The molecule has 1 aliphatic rings. The summed E-state index contributed by atoms with van der Waals surface area (Å²) in [4.78, 5) is 0. The van der Waals surface area contributed by atoms with Crippen LogP contribution in [-0.4, -0.2) is 25.6 Å². The second-order valence-electron chi connectivity index (χ2n) is 5.44. The molecule has 1 aromatic rings. The summed E-state index contributed by atoms with van der Waals surface area (Å²) in [5.74, 6) is 0.550. The van der Waals surface area contributed by atoms with Crippen LogP contribution < -0.4 is 14.8 Å². The lowest BCUT2D eigenvalue weighted by molar-refractivity contribution is -0.274. The Hall–Kier alpha value is -1.14. The van der Waals surface area contributed by atoms with Crippen LogP contribution >= 0.6 is 12.4 Å². The maximum Gasteiger partial charge on any atom is 0.573 e. The van der Waals surface area contributed by atoms with Crippen molar-refractivity contribution >= 4 is 12.4 Å². The van der Waals surface area contributed by atoms with E-state index in [1.165, 1.54) is 12.1 Å². The molecule has 0 bridgehead atoms. The number of hydrogen-bond donors (Lipinski definition) is 1. The number of nitrogens with one attached hydrogen (secondary N) is 1. The smallest absolute Gasteiger partial charge is 0.491 e. The van der Waals surface area contributed by atoms with Gasteiger partial charge in [-0.2, -0.15) is 0 Å². The van der Waals surface area contributed by atoms with Crippen molar-refractivity contribution in [1.82, 2.24) is 5.32 Å². The predicted molar refractivity (Wildman–Crippen MR) is 81.0 cm³/mol. The maximum absolute atomic E-state index is 12.3. The van der Waals surface area contributed by atoms with Crippen LogP contribution in [0, 0.1) is 0 Å². The Morgan fingerprint density at radius 1 is 1.18 bits per heavy atom. The molecule has 1 aromatic carbocycles. The standard InChI is InChI=1S/C15H20F3NO2.ClH/c1-10(2)20-14-9-12(21-15(16,17)18)3-4-13(14)11-5-7-19-8-6-11;/h3-4,9-11,19H,5-8H2,1-2H3;1H. The minimum atomic E-state index is -4.69. The summed E-state index contributed by atoms with van der Waals surface area (Å²) in [5.41, 5.74) is 0.958. The molecule has 0 spiro atoms. The fraction of sp³-hybridized carbons (Fsp3) is 0.600. The lowest BCUT2D eigenvalue weighted by atomic mass is 9.89. The third kappa shape index (κ3) is 5.57. The van der Waals surface area contributed by atoms with E-state index in [1.54, 1.807) is 6.07 Å². The van der Waals surface area contributed by atoms with Gasteiger partial charge in [-0.05, 0) is 57.3 Å². The van der Waals surface area contributed by atoms with Crippen molar-refractivity contribution in [3.8, 4) is 11.5 Å². The molecule has 2 rings (SSSR count). The molecule has 0 atom stereocenters. The summed E-state index contributed by atoms with van der Waals surface area (Å²) in [6.45, 7) is 5.52. The molecule has 1 saturated heterocycles. The van der Waals surface area contributed by atoms with Crippen LogP contribution in [0.4, 0.5) is 13.2 Å². The van der Waals surface area contributed by atoms with Crippen molar-refractivity contribution in [3.05, 3.63) is 23.8 Å². The van der Waals surface area contributed by atoms with Gasteiger partial charge in [-0.3, -0.25) is 0 Å². The molecule has 1 N–H and O–H groups in total. The minimum Gasteiger partial charge on any atom is -0.491 e. The van der Waals surface area contributed by atoms with Crippen molar-refractivity contribution in [1.29, 1.82) is 0 Å². The van der Waals surface area contributed by atoms with Gasteiger partial charge in [0.25, 0.3) is 0 Å². The zero-order valence-corrected chi connectivity index (χ0v) is 13.4. The molecule has 0 unspecified atom stereocenters. The first-order valence-electron chi connectivity index (χ1n) is 7.12. The van der Waals surface area contributed by atoms with Crippen LogP contribution in [0.2, 0.25) is 0 Å². The van der Waals surface area contributed by atoms with Gasteiger partial charge in [0.1, 0.15) is 11.5 Å². The average molecular weight is 340 g/mol. The van der Waals surface area contributed by atoms with E-state index in [1.807, 2.05) is 13.8 Å². The van der Waals surface area contributed by atoms with Gasteiger partial charge in [0, 0.05) is 6.07 Å². The number of hydrogen-bond acceptors (Lipinski definition) is 3. The summed E-state index contributed by atoms with van der Waals surface area (Å²) < 4.78 is 46.6. The van der Waals surface area contributed by atoms with Crippen LogP contribution in [-0.2, 0) is 0 Å². The van der Waals surface area contributed by atoms with Gasteiger partial charge in [0.15, 0.2) is 0 Å². The number of rotatable bonds is 4. The summed E-state index contributed by atoms with van der Waals surface area (Å²) in [6.07, 6.45) is -2.89. The Labute approximate surface area is 134 Å². The third-order valence-corrected chi connectivity index (χ3v) is 3.36. The summed E-state index contributed by atoms with van der Waals surface area (Å²) in [7, 11) is 0. The topological polar surface area (TPSA) is 30.5 Å². The van der Waals surface area contributed by atoms with E-state index in [-0.39, 0.29) is 24.3 Å². The Kier molecular flexibility index (Phi) is 6.81. The van der Waals surface area contributed by atoms with E-state index in [2.05, 4.69) is 10.1 Å². The van der Waals surface area contributed by atoms with Gasteiger partial charge in [-0.25, -0.2) is 0 Å². The summed E-state index contributed by atoms with van der Waals surface area (Å²) >= 11 is 0. The van der Waals surface area contributed by atoms with E-state index in [9.17, 15) is 13.2 Å². The van der Waals surface area contributed by atoms with Gasteiger partial charge in [0.05, 0.1) is 6.10 Å². The highest BCUT2D eigenvalue weighted by Gasteiger charge is 2.31. The van der Waals surface area contributed by atoms with Crippen LogP contribution in [0.1, 0.15) is 38.2 Å². The highest BCUT2D eigenvalue weighted by atomic mass is 35.5. The number of alkyl halides is 3. The number of ether oxygens (including phenoxy) is 2. The minimum absolute atomic E-state index is 0. The third-order valence-electron chi connectivity index (χ3n) is 3.36. The van der Waals surface area contributed by atoms with Gasteiger partial charge in [-0.1, -0.05) is 6.07 Å². The molecular formula is C15H21ClF3NO2. The van der Waals surface area contributed by atoms with Crippen LogP contribution in [0.15, 0.2) is 18.2 Å². The molecule has 126 valence electrons. The normalized spacial score (nSPS) is 16.3. The lowest BCUT2D eigenvalue weighted by Gasteiger charge is -2.26. The molecular weight excluding hydrogens is 319 g/mol. The summed E-state index contributed by atoms with van der Waals surface area (Å²) in [6, 6.07) is 4.39. The van der Waals surface area contributed by atoms with E-state index < -0.39 is 6.36 Å². The van der Waals surface area contributed by atoms with E-state index in [0.717, 1.165) is 31.5 Å². The Morgan fingerprint density at radius 2 is 1.82 bits per heavy atom. The Balaban J connectivity index is 0.00000242. The second kappa shape index (κ2) is 7.92. The Bertz CT molecular complexity index is 474. The molecule has 1 fully saturated rings. The molecule has 1 aliphatic heterocycles. The fourth-order valence-corrected chi connectivity index (χ4v) is 2.54. The molecule has 3 nitrogen and oxygen atoms in total. The molecule has 1 heterocycles. The van der Waals surface area contributed by atoms with E-state index in [0.29, 0.717) is 11.7 Å². The zero-order valence-electron chi connectivity index (χ0n) is 12.6. The van der Waals surface area contributed by atoms with Crippen molar-refractivity contribution in [2.24, 2.45) is 0 Å². The van der Waals surface area contributed by atoms with Crippen molar-refractivity contribution in [3.63, 3.8) is 0 Å². The van der Waals surface area contributed by atoms with Crippen molar-refractivity contribution < 1.29 is 22.6 Å². The maximum atomic E-state index is 12.3. The number of benzene rings is 1. The lowest BCUT2D eigenvalue weighted by Crippen LogP contribution is -2.27. The first-order chi connectivity index (χ1) is 9.85. The van der Waals surface area contributed by atoms with Gasteiger partial charge < -0.3 is 14.8 Å². The second-order valence-corrected chi connectivity index (χ2v) is 5.44. The van der Waals surface area contributed by atoms with Gasteiger partial charge >= 0.3 is 6.36 Å². The van der Waals surface area contributed by atoms with E-state index in [4.69, 9.17) is 4.74 Å². The SMILES string of the molecule is CC(C)Oc1cc(OC(F)(F)F)ccc1C1CCNCC1.Cl. The van der Waals surface area contributed by atoms with Gasteiger partial charge in [-0.15, -0.1) is 25.6 Å². The molecule has 7 heteroatoms.